The molecule has 31 heavy (non-hydrogen) atoms. The van der Waals surface area contributed by atoms with Gasteiger partial charge in [0.15, 0.2) is 11.6 Å². The lowest BCUT2D eigenvalue weighted by Gasteiger charge is -2.29. The van der Waals surface area contributed by atoms with E-state index in [1.165, 1.54) is 21.0 Å². The van der Waals surface area contributed by atoms with Crippen molar-refractivity contribution < 1.29 is 34.8 Å². The zero-order valence-electron chi connectivity index (χ0n) is 18.7. The number of ketones is 2. The summed E-state index contributed by atoms with van der Waals surface area (Å²) in [6.45, 7) is 7.88. The number of carbonyl (C=O) groups is 2. The maximum Gasteiger partial charge on any atom is 0.167 e. The van der Waals surface area contributed by atoms with Crippen molar-refractivity contribution in [3.63, 3.8) is 0 Å². The Hall–Kier alpha value is -3.06. The van der Waals surface area contributed by atoms with Crippen LogP contribution in [-0.2, 0) is 11.2 Å². The summed E-state index contributed by atoms with van der Waals surface area (Å²) >= 11 is 0. The number of rotatable bonds is 7. The van der Waals surface area contributed by atoms with Gasteiger partial charge >= 0.3 is 0 Å². The standard InChI is InChI=1S/C24H30O7/c1-11(2)7-8-15-9-16(22(29)19(14(5)26)21(15)28)10-17-23(30)18(13(4)25)20(27)12(3)24(17)31-6/h7,9,16,22,27-30H,8,10H2,1-6H3/t16-,22-/m1/s1. The molecule has 7 heteroatoms. The number of aliphatic hydroxyl groups is 2. The molecule has 4 N–H and O–H groups in total. The molecule has 168 valence electrons. The SMILES string of the molecule is COc1c(C)c(O)c(C(C)=O)c(O)c1C[C@H]1C=C(CC=C(C)C)C(O)=C(C(C)=O)[C@@H]1O. The van der Waals surface area contributed by atoms with Crippen LogP contribution < -0.4 is 4.74 Å². The molecule has 2 rings (SSSR count). The van der Waals surface area contributed by atoms with Gasteiger partial charge in [-0.15, -0.1) is 0 Å². The zero-order chi connectivity index (χ0) is 23.6. The molecule has 0 saturated heterocycles. The molecule has 0 heterocycles. The smallest absolute Gasteiger partial charge is 0.167 e. The summed E-state index contributed by atoms with van der Waals surface area (Å²) in [5.74, 6) is -2.50. The second kappa shape index (κ2) is 9.39. The van der Waals surface area contributed by atoms with Gasteiger partial charge in [0.1, 0.15) is 28.6 Å². The molecule has 1 aliphatic rings. The van der Waals surface area contributed by atoms with Gasteiger partial charge in [0.2, 0.25) is 0 Å². The van der Waals surface area contributed by atoms with Gasteiger partial charge in [-0.05, 0) is 53.0 Å². The molecule has 0 aliphatic heterocycles. The predicted molar refractivity (Wildman–Crippen MR) is 117 cm³/mol. The number of aliphatic hydroxyl groups excluding tert-OH is 2. The van der Waals surface area contributed by atoms with Gasteiger partial charge in [-0.2, -0.15) is 0 Å². The lowest BCUT2D eigenvalue weighted by Crippen LogP contribution is -2.31. The van der Waals surface area contributed by atoms with Crippen molar-refractivity contribution >= 4 is 11.6 Å². The molecule has 0 fully saturated rings. The molecule has 0 amide bonds. The second-order valence-corrected chi connectivity index (χ2v) is 8.07. The number of hydrogen-bond donors (Lipinski definition) is 4. The van der Waals surface area contributed by atoms with E-state index in [0.29, 0.717) is 12.0 Å². The summed E-state index contributed by atoms with van der Waals surface area (Å²) in [5, 5.41) is 42.5. The Morgan fingerprint density at radius 1 is 1.06 bits per heavy atom. The van der Waals surface area contributed by atoms with Crippen LogP contribution in [0.3, 0.4) is 0 Å². The van der Waals surface area contributed by atoms with Crippen LogP contribution in [0.25, 0.3) is 0 Å². The van der Waals surface area contributed by atoms with E-state index in [1.807, 2.05) is 19.9 Å². The van der Waals surface area contributed by atoms with E-state index in [4.69, 9.17) is 4.74 Å². The molecule has 0 spiro atoms. The Morgan fingerprint density at radius 3 is 2.16 bits per heavy atom. The first-order chi connectivity index (χ1) is 14.4. The summed E-state index contributed by atoms with van der Waals surface area (Å²) in [6, 6.07) is 0. The van der Waals surface area contributed by atoms with E-state index in [2.05, 4.69) is 0 Å². The van der Waals surface area contributed by atoms with Crippen LogP contribution in [0.4, 0.5) is 0 Å². The molecule has 1 aromatic carbocycles. The van der Waals surface area contributed by atoms with Crippen LogP contribution in [0.1, 0.15) is 55.6 Å². The third kappa shape index (κ3) is 4.66. The number of carbonyl (C=O) groups excluding carboxylic acids is 2. The van der Waals surface area contributed by atoms with Gasteiger partial charge in [0.05, 0.1) is 18.8 Å². The fourth-order valence-corrected chi connectivity index (χ4v) is 3.91. The van der Waals surface area contributed by atoms with Crippen LogP contribution in [0, 0.1) is 12.8 Å². The molecule has 0 aromatic heterocycles. The van der Waals surface area contributed by atoms with E-state index in [9.17, 15) is 30.0 Å². The maximum absolute atomic E-state index is 12.2. The number of phenolic OH excluding ortho intramolecular Hbond substituents is 2. The molecule has 0 unspecified atom stereocenters. The number of aromatic hydroxyl groups is 2. The molecular weight excluding hydrogens is 400 g/mol. The maximum atomic E-state index is 12.2. The monoisotopic (exact) mass is 430 g/mol. The van der Waals surface area contributed by atoms with Gasteiger partial charge < -0.3 is 25.2 Å². The normalized spacial score (nSPS) is 18.5. The molecule has 1 aromatic rings. The van der Waals surface area contributed by atoms with Crippen LogP contribution >= 0.6 is 0 Å². The second-order valence-electron chi connectivity index (χ2n) is 8.07. The van der Waals surface area contributed by atoms with E-state index >= 15 is 0 Å². The number of allylic oxidation sites excluding steroid dienone is 3. The Balaban J connectivity index is 2.65. The highest BCUT2D eigenvalue weighted by Gasteiger charge is 2.35. The van der Waals surface area contributed by atoms with Crippen LogP contribution in [0.5, 0.6) is 17.2 Å². The highest BCUT2D eigenvalue weighted by Crippen LogP contribution is 2.44. The van der Waals surface area contributed by atoms with Gasteiger partial charge in [-0.3, -0.25) is 9.59 Å². The lowest BCUT2D eigenvalue weighted by atomic mass is 9.79. The molecule has 1 aliphatic carbocycles. The minimum Gasteiger partial charge on any atom is -0.507 e. The third-order valence-corrected chi connectivity index (χ3v) is 5.51. The summed E-state index contributed by atoms with van der Waals surface area (Å²) in [4.78, 5) is 24.2. The Kier molecular flexibility index (Phi) is 7.33. The van der Waals surface area contributed by atoms with Gasteiger partial charge in [0, 0.05) is 17.0 Å². The first-order valence-corrected chi connectivity index (χ1v) is 10.0. The van der Waals surface area contributed by atoms with Crippen molar-refractivity contribution in [2.75, 3.05) is 7.11 Å². The van der Waals surface area contributed by atoms with Crippen molar-refractivity contribution in [2.45, 2.75) is 53.6 Å². The minimum atomic E-state index is -1.31. The highest BCUT2D eigenvalue weighted by molar-refractivity contribution is 6.01. The zero-order valence-corrected chi connectivity index (χ0v) is 18.7. The first kappa shape index (κ1) is 24.2. The Bertz CT molecular complexity index is 1010. The number of benzene rings is 1. The Morgan fingerprint density at radius 2 is 1.68 bits per heavy atom. The molecule has 0 saturated carbocycles. The average Bonchev–Trinajstić information content (AvgIpc) is 2.66. The van der Waals surface area contributed by atoms with Gasteiger partial charge in [-0.25, -0.2) is 0 Å². The number of phenols is 2. The molecule has 7 nitrogen and oxygen atoms in total. The molecule has 2 atom stereocenters. The predicted octanol–water partition coefficient (Wildman–Crippen LogP) is 3.83. The van der Waals surface area contributed by atoms with E-state index in [1.54, 1.807) is 13.0 Å². The van der Waals surface area contributed by atoms with Crippen LogP contribution in [0.2, 0.25) is 0 Å². The fraction of sp³-hybridized carbons (Fsp3) is 0.417. The topological polar surface area (TPSA) is 124 Å². The molecule has 0 radical (unpaired) electrons. The quantitative estimate of drug-likeness (QED) is 0.383. The van der Waals surface area contributed by atoms with Crippen molar-refractivity contribution in [3.05, 3.63) is 51.3 Å². The highest BCUT2D eigenvalue weighted by atomic mass is 16.5. The number of hydrogen-bond acceptors (Lipinski definition) is 7. The Labute approximate surface area is 182 Å². The van der Waals surface area contributed by atoms with Crippen molar-refractivity contribution in [2.24, 2.45) is 5.92 Å². The summed E-state index contributed by atoms with van der Waals surface area (Å²) in [6.07, 6.45) is 2.63. The third-order valence-electron chi connectivity index (χ3n) is 5.51. The lowest BCUT2D eigenvalue weighted by molar-refractivity contribution is -0.115. The summed E-state index contributed by atoms with van der Waals surface area (Å²) < 4.78 is 5.38. The van der Waals surface area contributed by atoms with Gasteiger partial charge in [0.25, 0.3) is 0 Å². The first-order valence-electron chi connectivity index (χ1n) is 10.0. The fourth-order valence-electron chi connectivity index (χ4n) is 3.91. The van der Waals surface area contributed by atoms with E-state index in [0.717, 1.165) is 5.57 Å². The number of methoxy groups -OCH3 is 1. The van der Waals surface area contributed by atoms with Crippen LogP contribution in [0.15, 0.2) is 34.6 Å². The van der Waals surface area contributed by atoms with Crippen molar-refractivity contribution in [3.8, 4) is 17.2 Å². The van der Waals surface area contributed by atoms with E-state index < -0.39 is 29.3 Å². The number of ether oxygens (including phenoxy) is 1. The number of Topliss-reactive ketones (excluding diaryl/α,β-unsaturated/α-hetero) is 2. The van der Waals surface area contributed by atoms with Crippen LogP contribution in [-0.4, -0.2) is 45.2 Å². The molecule has 0 bridgehead atoms. The van der Waals surface area contributed by atoms with E-state index in [-0.39, 0.29) is 45.9 Å². The summed E-state index contributed by atoms with van der Waals surface area (Å²) in [5.41, 5.74) is 1.71. The largest absolute Gasteiger partial charge is 0.507 e. The molecular formula is C24H30O7. The summed E-state index contributed by atoms with van der Waals surface area (Å²) in [7, 11) is 1.37. The van der Waals surface area contributed by atoms with Crippen molar-refractivity contribution in [1.82, 2.24) is 0 Å². The minimum absolute atomic E-state index is 0.0138. The van der Waals surface area contributed by atoms with Gasteiger partial charge in [-0.1, -0.05) is 17.7 Å². The average molecular weight is 430 g/mol. The van der Waals surface area contributed by atoms with Crippen molar-refractivity contribution in [1.29, 1.82) is 0 Å².